The highest BCUT2D eigenvalue weighted by Gasteiger charge is 2.30. The monoisotopic (exact) mass is 381 g/mol. The molecule has 0 unspecified atom stereocenters. The van der Waals surface area contributed by atoms with E-state index in [4.69, 9.17) is 0 Å². The van der Waals surface area contributed by atoms with Crippen LogP contribution in [-0.4, -0.2) is 27.7 Å². The van der Waals surface area contributed by atoms with E-state index < -0.39 is 0 Å². The molecule has 26 heavy (non-hydrogen) atoms. The summed E-state index contributed by atoms with van der Waals surface area (Å²) in [6.07, 6.45) is 6.05. The first-order valence-corrected chi connectivity index (χ1v) is 10.8. The maximum atomic E-state index is 13.0. The molecule has 0 radical (unpaired) electrons. The number of anilines is 1. The molecule has 3 heterocycles. The number of benzene rings is 1. The first-order valence-electron chi connectivity index (χ1n) is 9.00. The number of amides is 1. The van der Waals surface area contributed by atoms with Crippen LogP contribution in [0.1, 0.15) is 29.3 Å². The molecule has 5 rings (SSSR count). The second-order valence-corrected chi connectivity index (χ2v) is 9.00. The van der Waals surface area contributed by atoms with Crippen molar-refractivity contribution in [3.05, 3.63) is 46.6 Å². The molecule has 4 nitrogen and oxygen atoms in total. The summed E-state index contributed by atoms with van der Waals surface area (Å²) >= 11 is 3.35. The highest BCUT2D eigenvalue weighted by atomic mass is 32.2. The van der Waals surface area contributed by atoms with Gasteiger partial charge in [0.15, 0.2) is 0 Å². The van der Waals surface area contributed by atoms with Crippen molar-refractivity contribution < 1.29 is 4.79 Å². The molecule has 1 aliphatic heterocycles. The number of nitrogens with zero attached hydrogens (tertiary/aromatic N) is 3. The van der Waals surface area contributed by atoms with Gasteiger partial charge in [-0.1, -0.05) is 30.0 Å². The molecule has 6 heteroatoms. The molecule has 1 aliphatic carbocycles. The minimum atomic E-state index is 0.158. The van der Waals surface area contributed by atoms with E-state index in [-0.39, 0.29) is 11.9 Å². The Labute approximate surface area is 160 Å². The summed E-state index contributed by atoms with van der Waals surface area (Å²) in [5.41, 5.74) is 3.74. The standard InChI is InChI=1S/C20H19N3OS2/c1-12-9-13-5-2-3-7-15(13)23(12)17(24)10-25-19-18-14-6-4-8-16(14)26-20(18)22-11-21-19/h2-3,5,7,11-12H,4,6,8-10H2,1H3/t12-/m0/s1. The molecule has 1 aromatic carbocycles. The van der Waals surface area contributed by atoms with Crippen LogP contribution in [0.4, 0.5) is 5.69 Å². The molecule has 0 N–H and O–H groups in total. The number of hydrogen-bond donors (Lipinski definition) is 0. The van der Waals surface area contributed by atoms with E-state index in [2.05, 4.69) is 29.0 Å². The molecular weight excluding hydrogens is 362 g/mol. The maximum absolute atomic E-state index is 13.0. The molecule has 2 aliphatic rings. The predicted molar refractivity (Wildman–Crippen MR) is 107 cm³/mol. The SMILES string of the molecule is C[C@H]1Cc2ccccc2N1C(=O)CSc1ncnc2sc3c(c12)CCC3. The molecule has 0 saturated heterocycles. The van der Waals surface area contributed by atoms with E-state index in [0.717, 1.165) is 34.8 Å². The summed E-state index contributed by atoms with van der Waals surface area (Å²) in [4.78, 5) is 26.4. The highest BCUT2D eigenvalue weighted by Crippen LogP contribution is 2.40. The first kappa shape index (κ1) is 16.3. The second-order valence-electron chi connectivity index (χ2n) is 6.95. The van der Waals surface area contributed by atoms with E-state index in [1.54, 1.807) is 29.4 Å². The van der Waals surface area contributed by atoms with Gasteiger partial charge in [0.2, 0.25) is 5.91 Å². The van der Waals surface area contributed by atoms with Crippen LogP contribution in [-0.2, 0) is 24.1 Å². The third-order valence-electron chi connectivity index (χ3n) is 5.27. The van der Waals surface area contributed by atoms with E-state index in [1.165, 1.54) is 27.8 Å². The van der Waals surface area contributed by atoms with E-state index in [0.29, 0.717) is 5.75 Å². The lowest BCUT2D eigenvalue weighted by molar-refractivity contribution is -0.116. The fraction of sp³-hybridized carbons (Fsp3) is 0.350. The molecule has 0 fully saturated rings. The van der Waals surface area contributed by atoms with Crippen molar-refractivity contribution in [3.8, 4) is 0 Å². The summed E-state index contributed by atoms with van der Waals surface area (Å²) in [6.45, 7) is 2.12. The van der Waals surface area contributed by atoms with Crippen molar-refractivity contribution in [2.24, 2.45) is 0 Å². The predicted octanol–water partition coefficient (Wildman–Crippen LogP) is 4.25. The number of thiophene rings is 1. The second kappa shape index (κ2) is 6.35. The van der Waals surface area contributed by atoms with E-state index in [9.17, 15) is 4.79 Å². The largest absolute Gasteiger partial charge is 0.308 e. The fourth-order valence-corrected chi connectivity index (χ4v) is 6.33. The Morgan fingerprint density at radius 2 is 2.19 bits per heavy atom. The minimum Gasteiger partial charge on any atom is -0.308 e. The fourth-order valence-electron chi connectivity index (χ4n) is 4.15. The molecule has 3 aromatic rings. The molecule has 2 aromatic heterocycles. The van der Waals surface area contributed by atoms with Crippen LogP contribution >= 0.6 is 23.1 Å². The maximum Gasteiger partial charge on any atom is 0.237 e. The summed E-state index contributed by atoms with van der Waals surface area (Å²) in [6, 6.07) is 8.44. The van der Waals surface area contributed by atoms with Crippen LogP contribution < -0.4 is 4.90 Å². The van der Waals surface area contributed by atoms with Crippen LogP contribution in [0, 0.1) is 0 Å². The van der Waals surface area contributed by atoms with Crippen LogP contribution in [0.5, 0.6) is 0 Å². The number of carbonyl (C=O) groups excluding carboxylic acids is 1. The van der Waals surface area contributed by atoms with Crippen molar-refractivity contribution in [2.45, 2.75) is 43.7 Å². The van der Waals surface area contributed by atoms with E-state index in [1.807, 2.05) is 17.0 Å². The normalized spacial score (nSPS) is 18.3. The Hall–Kier alpha value is -1.92. The van der Waals surface area contributed by atoms with Crippen LogP contribution in [0.15, 0.2) is 35.6 Å². The van der Waals surface area contributed by atoms with Gasteiger partial charge in [0.05, 0.1) is 5.75 Å². The lowest BCUT2D eigenvalue weighted by atomic mass is 10.1. The highest BCUT2D eigenvalue weighted by molar-refractivity contribution is 8.00. The Balaban J connectivity index is 1.40. The number of para-hydroxylation sites is 1. The average Bonchev–Trinajstić information content (AvgIpc) is 3.30. The molecule has 1 atom stereocenters. The Kier molecular flexibility index (Phi) is 3.98. The molecule has 0 saturated carbocycles. The van der Waals surface area contributed by atoms with Gasteiger partial charge in [-0.2, -0.15) is 0 Å². The summed E-state index contributed by atoms with van der Waals surface area (Å²) in [7, 11) is 0. The third kappa shape index (κ3) is 2.55. The number of rotatable bonds is 3. The number of fused-ring (bicyclic) bond motifs is 4. The van der Waals surface area contributed by atoms with Gasteiger partial charge in [0, 0.05) is 22.0 Å². The smallest absolute Gasteiger partial charge is 0.237 e. The lowest BCUT2D eigenvalue weighted by Gasteiger charge is -2.22. The molecule has 1 amide bonds. The van der Waals surface area contributed by atoms with Gasteiger partial charge in [-0.15, -0.1) is 11.3 Å². The summed E-state index contributed by atoms with van der Waals surface area (Å²) in [5.74, 6) is 0.571. The Morgan fingerprint density at radius 3 is 3.12 bits per heavy atom. The van der Waals surface area contributed by atoms with Gasteiger partial charge in [0.25, 0.3) is 0 Å². The molecule has 0 bridgehead atoms. The van der Waals surface area contributed by atoms with Crippen molar-refractivity contribution >= 4 is 44.9 Å². The number of carbonyl (C=O) groups is 1. The van der Waals surface area contributed by atoms with Gasteiger partial charge in [0.1, 0.15) is 16.2 Å². The Morgan fingerprint density at radius 1 is 1.31 bits per heavy atom. The van der Waals surface area contributed by atoms with Crippen LogP contribution in [0.25, 0.3) is 10.2 Å². The van der Waals surface area contributed by atoms with Gasteiger partial charge in [-0.05, 0) is 49.8 Å². The van der Waals surface area contributed by atoms with Crippen molar-refractivity contribution in [2.75, 3.05) is 10.7 Å². The van der Waals surface area contributed by atoms with Crippen molar-refractivity contribution in [1.82, 2.24) is 9.97 Å². The number of aromatic nitrogens is 2. The zero-order valence-corrected chi connectivity index (χ0v) is 16.2. The van der Waals surface area contributed by atoms with Crippen molar-refractivity contribution in [3.63, 3.8) is 0 Å². The van der Waals surface area contributed by atoms with E-state index >= 15 is 0 Å². The lowest BCUT2D eigenvalue weighted by Crippen LogP contribution is -2.37. The number of thioether (sulfide) groups is 1. The minimum absolute atomic E-state index is 0.158. The van der Waals surface area contributed by atoms with Gasteiger partial charge in [-0.3, -0.25) is 4.79 Å². The molecule has 132 valence electrons. The number of aryl methyl sites for hydroxylation is 2. The topological polar surface area (TPSA) is 46.1 Å². The first-order chi connectivity index (χ1) is 12.7. The van der Waals surface area contributed by atoms with Gasteiger partial charge in [-0.25, -0.2) is 9.97 Å². The van der Waals surface area contributed by atoms with Gasteiger partial charge < -0.3 is 4.90 Å². The Bertz CT molecular complexity index is 1010. The number of hydrogen-bond acceptors (Lipinski definition) is 5. The zero-order chi connectivity index (χ0) is 17.7. The average molecular weight is 382 g/mol. The summed E-state index contributed by atoms with van der Waals surface area (Å²) < 4.78 is 0. The van der Waals surface area contributed by atoms with Crippen LogP contribution in [0.3, 0.4) is 0 Å². The molecular formula is C20H19N3OS2. The zero-order valence-electron chi connectivity index (χ0n) is 14.6. The third-order valence-corrected chi connectivity index (χ3v) is 7.45. The van der Waals surface area contributed by atoms with Crippen LogP contribution in [0.2, 0.25) is 0 Å². The molecule has 0 spiro atoms. The quantitative estimate of drug-likeness (QED) is 0.503. The van der Waals surface area contributed by atoms with Gasteiger partial charge >= 0.3 is 0 Å². The summed E-state index contributed by atoms with van der Waals surface area (Å²) in [5, 5.41) is 2.15. The van der Waals surface area contributed by atoms with Crippen molar-refractivity contribution in [1.29, 1.82) is 0 Å².